The second-order valence-electron chi connectivity index (χ2n) is 6.34. The molecule has 0 atom stereocenters. The fraction of sp³-hybridized carbons (Fsp3) is 0.105. The lowest BCUT2D eigenvalue weighted by molar-refractivity contribution is 0.400. The Hall–Kier alpha value is -3.31. The van der Waals surface area contributed by atoms with Gasteiger partial charge in [0, 0.05) is 22.0 Å². The van der Waals surface area contributed by atoms with Crippen molar-refractivity contribution < 1.29 is 17.5 Å². The molecule has 0 aliphatic carbocycles. The average Bonchev–Trinajstić information content (AvgIpc) is 3.12. The van der Waals surface area contributed by atoms with Gasteiger partial charge in [0.15, 0.2) is 0 Å². The van der Waals surface area contributed by atoms with Crippen molar-refractivity contribution in [2.24, 2.45) is 0 Å². The Morgan fingerprint density at radius 1 is 1.17 bits per heavy atom. The first-order valence-corrected chi connectivity index (χ1v) is 10.9. The van der Waals surface area contributed by atoms with Crippen molar-refractivity contribution in [1.29, 1.82) is 0 Å². The number of nitrogens with zero attached hydrogens (tertiary/aromatic N) is 3. The number of rotatable bonds is 5. The van der Waals surface area contributed by atoms with Crippen molar-refractivity contribution in [3.05, 3.63) is 54.1 Å². The van der Waals surface area contributed by atoms with Gasteiger partial charge >= 0.3 is 0 Å². The van der Waals surface area contributed by atoms with Gasteiger partial charge in [0.2, 0.25) is 11.8 Å². The molecule has 0 bridgehead atoms. The van der Waals surface area contributed by atoms with Gasteiger partial charge < -0.3 is 10.5 Å². The Balaban J connectivity index is 1.76. The van der Waals surface area contributed by atoms with Crippen LogP contribution in [-0.4, -0.2) is 30.5 Å². The zero-order valence-electron chi connectivity index (χ0n) is 15.9. The number of benzene rings is 1. The van der Waals surface area contributed by atoms with Crippen molar-refractivity contribution >= 4 is 43.2 Å². The Kier molecular flexibility index (Phi) is 5.00. The standard InChI is InChI=1S/C19H16FN5O3S2/c1-10-14-8-16(29-18(14)24-19(21)23-10)11-7-15(17(28-2)22-9-11)25-30(26,27)13-5-3-12(20)4-6-13/h3-9,25H,1-2H3,(H2,21,23,24). The lowest BCUT2D eigenvalue weighted by Gasteiger charge is -2.12. The van der Waals surface area contributed by atoms with Crippen LogP contribution in [0.15, 0.2) is 47.5 Å². The third kappa shape index (κ3) is 3.76. The molecule has 0 unspecified atom stereocenters. The second kappa shape index (κ2) is 7.50. The minimum absolute atomic E-state index is 0.0837. The number of ether oxygens (including phenoxy) is 1. The average molecular weight is 446 g/mol. The summed E-state index contributed by atoms with van der Waals surface area (Å²) in [5.74, 6) is -0.237. The van der Waals surface area contributed by atoms with Crippen molar-refractivity contribution in [1.82, 2.24) is 15.0 Å². The van der Waals surface area contributed by atoms with E-state index in [4.69, 9.17) is 10.5 Å². The summed E-state index contributed by atoms with van der Waals surface area (Å²) in [7, 11) is -2.58. The monoisotopic (exact) mass is 445 g/mol. The van der Waals surface area contributed by atoms with Crippen molar-refractivity contribution in [3.8, 4) is 16.3 Å². The molecule has 4 rings (SSSR count). The van der Waals surface area contributed by atoms with Gasteiger partial charge in [0.1, 0.15) is 16.3 Å². The number of nitrogen functional groups attached to an aromatic ring is 1. The van der Waals surface area contributed by atoms with Gasteiger partial charge in [0.05, 0.1) is 17.7 Å². The number of pyridine rings is 1. The summed E-state index contributed by atoms with van der Waals surface area (Å²) in [6.07, 6.45) is 1.57. The number of nitrogens with one attached hydrogen (secondary N) is 1. The summed E-state index contributed by atoms with van der Waals surface area (Å²) >= 11 is 1.39. The van der Waals surface area contributed by atoms with Crippen LogP contribution in [0.5, 0.6) is 5.88 Å². The largest absolute Gasteiger partial charge is 0.480 e. The normalized spacial score (nSPS) is 11.6. The fourth-order valence-corrected chi connectivity index (χ4v) is 4.99. The fourth-order valence-electron chi connectivity index (χ4n) is 2.87. The van der Waals surface area contributed by atoms with Gasteiger partial charge in [-0.3, -0.25) is 4.72 Å². The number of halogens is 1. The number of aryl methyl sites for hydroxylation is 1. The first-order chi connectivity index (χ1) is 14.3. The summed E-state index contributed by atoms with van der Waals surface area (Å²) in [5, 5.41) is 0.855. The van der Waals surface area contributed by atoms with Crippen molar-refractivity contribution in [2.45, 2.75) is 11.8 Å². The molecule has 1 aromatic carbocycles. The van der Waals surface area contributed by atoms with Gasteiger partial charge in [-0.25, -0.2) is 27.8 Å². The van der Waals surface area contributed by atoms with E-state index < -0.39 is 15.8 Å². The summed E-state index contributed by atoms with van der Waals surface area (Å²) < 4.78 is 46.2. The molecule has 8 nitrogen and oxygen atoms in total. The molecule has 11 heteroatoms. The molecule has 0 radical (unpaired) electrons. The Morgan fingerprint density at radius 2 is 1.90 bits per heavy atom. The molecule has 154 valence electrons. The third-order valence-corrected chi connectivity index (χ3v) is 6.76. The van der Waals surface area contributed by atoms with Crippen LogP contribution in [0, 0.1) is 12.7 Å². The number of hydrogen-bond acceptors (Lipinski definition) is 8. The number of anilines is 2. The minimum Gasteiger partial charge on any atom is -0.480 e. The Labute approximate surface area is 175 Å². The lowest BCUT2D eigenvalue weighted by atomic mass is 10.2. The molecule has 0 aliphatic rings. The predicted octanol–water partition coefficient (Wildman–Crippen LogP) is 3.59. The van der Waals surface area contributed by atoms with E-state index in [9.17, 15) is 12.8 Å². The van der Waals surface area contributed by atoms with E-state index in [1.54, 1.807) is 12.3 Å². The molecular weight excluding hydrogens is 429 g/mol. The highest BCUT2D eigenvalue weighted by molar-refractivity contribution is 7.92. The first-order valence-electron chi connectivity index (χ1n) is 8.63. The molecule has 3 N–H and O–H groups in total. The van der Waals surface area contributed by atoms with Crippen LogP contribution in [-0.2, 0) is 10.0 Å². The maximum atomic E-state index is 13.1. The van der Waals surface area contributed by atoms with Gasteiger partial charge in [-0.1, -0.05) is 0 Å². The molecule has 3 heterocycles. The van der Waals surface area contributed by atoms with E-state index in [1.165, 1.54) is 30.6 Å². The predicted molar refractivity (Wildman–Crippen MR) is 114 cm³/mol. The number of aromatic nitrogens is 3. The molecule has 0 saturated heterocycles. The van der Waals surface area contributed by atoms with Crippen LogP contribution >= 0.6 is 11.3 Å². The highest BCUT2D eigenvalue weighted by Crippen LogP contribution is 2.36. The quantitative estimate of drug-likeness (QED) is 0.482. The Morgan fingerprint density at radius 3 is 2.60 bits per heavy atom. The number of nitrogens with two attached hydrogens (primary N) is 1. The van der Waals surface area contributed by atoms with Gasteiger partial charge in [-0.05, 0) is 43.3 Å². The third-order valence-electron chi connectivity index (χ3n) is 4.30. The van der Waals surface area contributed by atoms with Gasteiger partial charge in [-0.15, -0.1) is 11.3 Å². The summed E-state index contributed by atoms with van der Waals surface area (Å²) in [6.45, 7) is 1.84. The molecule has 30 heavy (non-hydrogen) atoms. The number of thiophene rings is 1. The molecule has 3 aromatic heterocycles. The van der Waals surface area contributed by atoms with Gasteiger partial charge in [0.25, 0.3) is 10.0 Å². The van der Waals surface area contributed by atoms with E-state index in [0.717, 1.165) is 32.9 Å². The molecule has 0 spiro atoms. The number of hydrogen-bond donors (Lipinski definition) is 2. The van der Waals surface area contributed by atoms with Gasteiger partial charge in [-0.2, -0.15) is 0 Å². The van der Waals surface area contributed by atoms with Crippen LogP contribution in [0.25, 0.3) is 20.7 Å². The minimum atomic E-state index is -3.97. The highest BCUT2D eigenvalue weighted by atomic mass is 32.2. The molecule has 0 fully saturated rings. The van der Waals surface area contributed by atoms with E-state index in [1.807, 2.05) is 13.0 Å². The number of sulfonamides is 1. The summed E-state index contributed by atoms with van der Waals surface area (Å²) in [6, 6.07) is 8.03. The van der Waals surface area contributed by atoms with E-state index in [-0.39, 0.29) is 22.4 Å². The maximum absolute atomic E-state index is 13.1. The summed E-state index contributed by atoms with van der Waals surface area (Å²) in [4.78, 5) is 14.1. The number of fused-ring (bicyclic) bond motifs is 1. The zero-order valence-corrected chi connectivity index (χ0v) is 17.5. The molecular formula is C19H16FN5O3S2. The van der Waals surface area contributed by atoms with Crippen LogP contribution in [0.4, 0.5) is 16.0 Å². The zero-order chi connectivity index (χ0) is 21.5. The maximum Gasteiger partial charge on any atom is 0.262 e. The highest BCUT2D eigenvalue weighted by Gasteiger charge is 2.19. The van der Waals surface area contributed by atoms with E-state index >= 15 is 0 Å². The molecule has 0 saturated carbocycles. The molecule has 0 amide bonds. The van der Waals surface area contributed by atoms with Crippen molar-refractivity contribution in [2.75, 3.05) is 17.6 Å². The van der Waals surface area contributed by atoms with Crippen LogP contribution < -0.4 is 15.2 Å². The van der Waals surface area contributed by atoms with Crippen molar-refractivity contribution in [3.63, 3.8) is 0 Å². The SMILES string of the molecule is COc1ncc(-c2cc3c(C)nc(N)nc3s2)cc1NS(=O)(=O)c1ccc(F)cc1. The number of methoxy groups -OCH3 is 1. The molecule has 0 aliphatic heterocycles. The topological polar surface area (TPSA) is 120 Å². The molecule has 4 aromatic rings. The van der Waals surface area contributed by atoms with E-state index in [2.05, 4.69) is 19.7 Å². The first kappa shape index (κ1) is 20.0. The van der Waals surface area contributed by atoms with Crippen LogP contribution in [0.3, 0.4) is 0 Å². The second-order valence-corrected chi connectivity index (χ2v) is 9.05. The van der Waals surface area contributed by atoms with Crippen LogP contribution in [0.2, 0.25) is 0 Å². The Bertz CT molecular complexity index is 1350. The lowest BCUT2D eigenvalue weighted by Crippen LogP contribution is -2.14. The van der Waals surface area contributed by atoms with E-state index in [0.29, 0.717) is 5.56 Å². The van der Waals surface area contributed by atoms with Crippen LogP contribution in [0.1, 0.15) is 5.69 Å². The smallest absolute Gasteiger partial charge is 0.262 e. The summed E-state index contributed by atoms with van der Waals surface area (Å²) in [5.41, 5.74) is 7.29.